The fraction of sp³-hybridized carbons (Fsp3) is 0.308. The number of rotatable bonds is 4. The van der Waals surface area contributed by atoms with Gasteiger partial charge in [0, 0.05) is 5.69 Å². The molecule has 0 aliphatic carbocycles. The maximum atomic E-state index is 12.1. The number of carbonyl (C=O) groups excluding carboxylic acids is 1. The smallest absolute Gasteiger partial charge is 0.325 e. The molecule has 7 heteroatoms. The van der Waals surface area contributed by atoms with Gasteiger partial charge in [0.1, 0.15) is 0 Å². The van der Waals surface area contributed by atoms with Crippen molar-refractivity contribution in [3.05, 3.63) is 40.2 Å². The SMILES string of the molecule is Cc1ccc(NC(=O)C(C)Sc2c(=O)o[nH][n+]2C)cc1. The molecule has 1 aromatic heterocycles. The minimum absolute atomic E-state index is 0.167. The Morgan fingerprint density at radius 1 is 1.40 bits per heavy atom. The zero-order chi connectivity index (χ0) is 14.7. The Kier molecular flexibility index (Phi) is 4.29. The molecule has 0 aliphatic heterocycles. The van der Waals surface area contributed by atoms with E-state index in [-0.39, 0.29) is 5.91 Å². The quantitative estimate of drug-likeness (QED) is 0.656. The van der Waals surface area contributed by atoms with Crippen LogP contribution in [0.5, 0.6) is 0 Å². The Hall–Kier alpha value is -2.02. The lowest BCUT2D eigenvalue weighted by Gasteiger charge is -2.09. The van der Waals surface area contributed by atoms with Gasteiger partial charge in [-0.1, -0.05) is 22.4 Å². The van der Waals surface area contributed by atoms with Crippen molar-refractivity contribution in [2.75, 3.05) is 5.32 Å². The van der Waals surface area contributed by atoms with Crippen molar-refractivity contribution in [1.82, 2.24) is 5.27 Å². The van der Waals surface area contributed by atoms with Gasteiger partial charge in [-0.3, -0.25) is 9.32 Å². The number of nitrogens with zero attached hydrogens (tertiary/aromatic N) is 1. The molecule has 0 saturated carbocycles. The van der Waals surface area contributed by atoms with Crippen LogP contribution in [0.3, 0.4) is 0 Å². The Bertz CT molecular complexity index is 660. The van der Waals surface area contributed by atoms with E-state index in [4.69, 9.17) is 0 Å². The summed E-state index contributed by atoms with van der Waals surface area (Å²) in [7, 11) is 1.65. The average molecular weight is 294 g/mol. The molecule has 1 aromatic carbocycles. The van der Waals surface area contributed by atoms with E-state index in [1.54, 1.807) is 14.0 Å². The molecule has 0 fully saturated rings. The third-order valence-corrected chi connectivity index (χ3v) is 3.96. The van der Waals surface area contributed by atoms with Crippen LogP contribution in [0.1, 0.15) is 12.5 Å². The number of anilines is 1. The summed E-state index contributed by atoms with van der Waals surface area (Å²) in [4.78, 5) is 23.5. The zero-order valence-corrected chi connectivity index (χ0v) is 12.3. The normalized spacial score (nSPS) is 12.2. The van der Waals surface area contributed by atoms with Crippen molar-refractivity contribution in [3.8, 4) is 0 Å². The number of aromatic amines is 1. The number of benzene rings is 1. The fourth-order valence-electron chi connectivity index (χ4n) is 1.56. The Balaban J connectivity index is 2.02. The van der Waals surface area contributed by atoms with Crippen LogP contribution < -0.4 is 15.6 Å². The van der Waals surface area contributed by atoms with Gasteiger partial charge < -0.3 is 5.32 Å². The number of amides is 1. The van der Waals surface area contributed by atoms with E-state index in [1.165, 1.54) is 4.68 Å². The van der Waals surface area contributed by atoms with Crippen molar-refractivity contribution in [1.29, 1.82) is 0 Å². The Labute approximate surface area is 120 Å². The third-order valence-electron chi connectivity index (χ3n) is 2.73. The van der Waals surface area contributed by atoms with Crippen molar-refractivity contribution >= 4 is 23.4 Å². The molecule has 1 atom stereocenters. The Morgan fingerprint density at radius 2 is 2.05 bits per heavy atom. The molecule has 1 amide bonds. The van der Waals surface area contributed by atoms with Crippen molar-refractivity contribution in [2.45, 2.75) is 24.1 Å². The molecule has 0 radical (unpaired) electrons. The van der Waals surface area contributed by atoms with Crippen LogP contribution in [-0.2, 0) is 11.8 Å². The summed E-state index contributed by atoms with van der Waals surface area (Å²) < 4.78 is 6.08. The van der Waals surface area contributed by atoms with E-state index in [0.717, 1.165) is 23.0 Å². The molecular formula is C13H16N3O3S+. The standard InChI is InChI=1S/C13H15N3O3S/c1-8-4-6-10(7-5-8)14-11(17)9(2)20-12-13(18)19-15-16(12)3/h4-7,9H,1-3H3,(H-,14,15,17,18)/p+1. The van der Waals surface area contributed by atoms with Gasteiger partial charge in [0.05, 0.1) is 5.25 Å². The Morgan fingerprint density at radius 3 is 2.60 bits per heavy atom. The van der Waals surface area contributed by atoms with Gasteiger partial charge in [0.25, 0.3) is 0 Å². The van der Waals surface area contributed by atoms with Crippen LogP contribution in [0.4, 0.5) is 5.69 Å². The van der Waals surface area contributed by atoms with Crippen LogP contribution in [-0.4, -0.2) is 16.4 Å². The maximum Gasteiger partial charge on any atom is 0.441 e. The highest BCUT2D eigenvalue weighted by Crippen LogP contribution is 2.18. The summed E-state index contributed by atoms with van der Waals surface area (Å²) in [6.07, 6.45) is 0. The van der Waals surface area contributed by atoms with E-state index in [1.807, 2.05) is 31.2 Å². The summed E-state index contributed by atoms with van der Waals surface area (Å²) in [6.45, 7) is 3.72. The molecule has 2 N–H and O–H groups in total. The van der Waals surface area contributed by atoms with Gasteiger partial charge in [-0.25, -0.2) is 4.79 Å². The lowest BCUT2D eigenvalue weighted by Crippen LogP contribution is -2.35. The molecule has 0 spiro atoms. The first-order chi connectivity index (χ1) is 9.47. The summed E-state index contributed by atoms with van der Waals surface area (Å²) in [6, 6.07) is 7.53. The fourth-order valence-corrected chi connectivity index (χ4v) is 2.40. The minimum Gasteiger partial charge on any atom is -0.325 e. The second-order valence-corrected chi connectivity index (χ2v) is 5.79. The highest BCUT2D eigenvalue weighted by molar-refractivity contribution is 8.00. The topological polar surface area (TPSA) is 79.0 Å². The number of aryl methyl sites for hydroxylation is 2. The van der Waals surface area contributed by atoms with Gasteiger partial charge in [0.2, 0.25) is 5.91 Å². The van der Waals surface area contributed by atoms with E-state index in [9.17, 15) is 9.59 Å². The van der Waals surface area contributed by atoms with Crippen LogP contribution in [0, 0.1) is 6.92 Å². The van der Waals surface area contributed by atoms with Crippen LogP contribution >= 0.6 is 11.8 Å². The first kappa shape index (κ1) is 14.4. The first-order valence-corrected chi connectivity index (χ1v) is 6.97. The molecular weight excluding hydrogens is 278 g/mol. The largest absolute Gasteiger partial charge is 0.441 e. The van der Waals surface area contributed by atoms with Crippen molar-refractivity contribution < 1.29 is 14.0 Å². The lowest BCUT2D eigenvalue weighted by molar-refractivity contribution is -0.772. The minimum atomic E-state index is -0.479. The number of aromatic nitrogens is 2. The predicted molar refractivity (Wildman–Crippen MR) is 75.6 cm³/mol. The monoisotopic (exact) mass is 294 g/mol. The first-order valence-electron chi connectivity index (χ1n) is 6.09. The van der Waals surface area contributed by atoms with Crippen molar-refractivity contribution in [2.24, 2.45) is 7.05 Å². The maximum absolute atomic E-state index is 12.1. The van der Waals surface area contributed by atoms with E-state index in [2.05, 4.69) is 15.1 Å². The summed E-state index contributed by atoms with van der Waals surface area (Å²) in [5.74, 6) is -0.167. The van der Waals surface area contributed by atoms with E-state index < -0.39 is 10.9 Å². The van der Waals surface area contributed by atoms with E-state index >= 15 is 0 Å². The second kappa shape index (κ2) is 5.96. The molecule has 0 saturated heterocycles. The highest BCUT2D eigenvalue weighted by Gasteiger charge is 2.25. The molecule has 0 aliphatic rings. The lowest BCUT2D eigenvalue weighted by atomic mass is 10.2. The second-order valence-electron chi connectivity index (χ2n) is 4.46. The molecule has 106 valence electrons. The molecule has 6 nitrogen and oxygen atoms in total. The van der Waals surface area contributed by atoms with Crippen LogP contribution in [0.2, 0.25) is 0 Å². The molecule has 1 unspecified atom stereocenters. The molecule has 20 heavy (non-hydrogen) atoms. The third kappa shape index (κ3) is 3.30. The molecule has 0 bridgehead atoms. The zero-order valence-electron chi connectivity index (χ0n) is 11.5. The van der Waals surface area contributed by atoms with Gasteiger partial charge >= 0.3 is 10.7 Å². The summed E-state index contributed by atoms with van der Waals surface area (Å²) >= 11 is 1.15. The van der Waals surface area contributed by atoms with Gasteiger partial charge in [-0.05, 0) is 43.0 Å². The van der Waals surface area contributed by atoms with E-state index in [0.29, 0.717) is 5.03 Å². The number of H-pyrrole nitrogens is 1. The van der Waals surface area contributed by atoms with Gasteiger partial charge in [0.15, 0.2) is 7.05 Å². The molecule has 2 aromatic rings. The number of hydrogen-bond donors (Lipinski definition) is 2. The highest BCUT2D eigenvalue weighted by atomic mass is 32.2. The molecule has 1 heterocycles. The summed E-state index contributed by atoms with van der Waals surface area (Å²) in [5, 5.41) is 5.16. The number of hydrogen-bond acceptors (Lipinski definition) is 4. The predicted octanol–water partition coefficient (Wildman–Crippen LogP) is 1.22. The van der Waals surface area contributed by atoms with Crippen LogP contribution in [0.25, 0.3) is 0 Å². The average Bonchev–Trinajstić information content (AvgIpc) is 2.73. The van der Waals surface area contributed by atoms with Crippen molar-refractivity contribution in [3.63, 3.8) is 0 Å². The van der Waals surface area contributed by atoms with Gasteiger partial charge in [-0.2, -0.15) is 0 Å². The number of nitrogens with one attached hydrogen (secondary N) is 2. The molecule has 2 rings (SSSR count). The summed E-state index contributed by atoms with van der Waals surface area (Å²) in [5.41, 5.74) is 1.38. The number of thioether (sulfide) groups is 1. The van der Waals surface area contributed by atoms with Crippen LogP contribution in [0.15, 0.2) is 38.6 Å². The number of carbonyl (C=O) groups is 1. The van der Waals surface area contributed by atoms with Gasteiger partial charge in [-0.15, -0.1) is 0 Å².